The van der Waals surface area contributed by atoms with Crippen LogP contribution in [0, 0.1) is 0 Å². The first-order valence-corrected chi connectivity index (χ1v) is 9.75. The van der Waals surface area contributed by atoms with Gasteiger partial charge in [-0.05, 0) is 25.5 Å². The second-order valence-corrected chi connectivity index (χ2v) is 6.89. The number of alkyl halides is 1. The van der Waals surface area contributed by atoms with Crippen molar-refractivity contribution >= 4 is 12.0 Å². The molecule has 1 aliphatic rings. The van der Waals surface area contributed by atoms with E-state index in [0.29, 0.717) is 13.1 Å². The van der Waals surface area contributed by atoms with Crippen molar-refractivity contribution in [2.45, 2.75) is 43.9 Å². The number of hydrogen-bond acceptors (Lipinski definition) is 7. The Bertz CT molecular complexity index is 839. The molecule has 11 heteroatoms. The van der Waals surface area contributed by atoms with Crippen molar-refractivity contribution in [1.29, 1.82) is 0 Å². The number of carbonyl (C=O) groups is 1. The topological polar surface area (TPSA) is 138 Å². The summed E-state index contributed by atoms with van der Waals surface area (Å²) in [4.78, 5) is 38.3. The number of carbonyl (C=O) groups excluding carboxylic acids is 1. The van der Waals surface area contributed by atoms with Crippen LogP contribution in [0.15, 0.2) is 21.9 Å². The molecule has 0 radical (unpaired) electrons. The third-order valence-corrected chi connectivity index (χ3v) is 4.73. The van der Waals surface area contributed by atoms with Crippen LogP contribution in [0.1, 0.15) is 31.1 Å². The molecule has 0 spiro atoms. The van der Waals surface area contributed by atoms with Crippen molar-refractivity contribution in [3.8, 4) is 0 Å². The summed E-state index contributed by atoms with van der Waals surface area (Å²) in [6.45, 7) is 1.16. The zero-order valence-corrected chi connectivity index (χ0v) is 17.1. The third kappa shape index (κ3) is 6.08. The SMILES string of the molecule is COC[C@H]1O[C@@H](n2cc(/C=C/C(=O)NCCCCCN)c(=O)[nH]c2=O)[C@H](F)[C@@H]1OC. The molecule has 1 aromatic heterocycles. The standard InChI is InChI=1S/C19H29FN4O6/c1-28-11-13-16(29-2)15(20)18(30-13)24-10-12(17(26)23-19(24)27)6-7-14(25)22-9-5-3-4-8-21/h6-7,10,13,15-16,18H,3-5,8-9,11,21H2,1-2H3,(H,22,25)(H,23,26,27)/b7-6+/t13-,15-,16-,18-/m1/s1. The fourth-order valence-electron chi connectivity index (χ4n) is 3.19. The molecule has 4 atom stereocenters. The Morgan fingerprint density at radius 3 is 2.80 bits per heavy atom. The Balaban J connectivity index is 2.13. The summed E-state index contributed by atoms with van der Waals surface area (Å²) in [5.41, 5.74) is 3.89. The first-order chi connectivity index (χ1) is 14.4. The van der Waals surface area contributed by atoms with Crippen LogP contribution in [-0.2, 0) is 19.0 Å². The van der Waals surface area contributed by atoms with Crippen LogP contribution in [0.3, 0.4) is 0 Å². The highest BCUT2D eigenvalue weighted by molar-refractivity contribution is 5.91. The highest BCUT2D eigenvalue weighted by Gasteiger charge is 2.46. The van der Waals surface area contributed by atoms with Crippen LogP contribution in [0.4, 0.5) is 4.39 Å². The zero-order chi connectivity index (χ0) is 22.1. The largest absolute Gasteiger partial charge is 0.382 e. The van der Waals surface area contributed by atoms with E-state index in [1.54, 1.807) is 0 Å². The van der Waals surface area contributed by atoms with Gasteiger partial charge in [-0.15, -0.1) is 0 Å². The number of nitrogens with two attached hydrogens (primary N) is 1. The number of nitrogens with one attached hydrogen (secondary N) is 2. The molecule has 1 aromatic rings. The van der Waals surface area contributed by atoms with Gasteiger partial charge in [0, 0.05) is 33.0 Å². The van der Waals surface area contributed by atoms with Crippen molar-refractivity contribution in [1.82, 2.24) is 14.9 Å². The third-order valence-electron chi connectivity index (χ3n) is 4.73. The van der Waals surface area contributed by atoms with Crippen molar-refractivity contribution in [2.75, 3.05) is 33.9 Å². The molecule has 0 saturated carbocycles. The monoisotopic (exact) mass is 428 g/mol. The van der Waals surface area contributed by atoms with Gasteiger partial charge in [0.25, 0.3) is 5.56 Å². The number of halogens is 1. The highest BCUT2D eigenvalue weighted by atomic mass is 19.1. The molecule has 2 heterocycles. The predicted molar refractivity (Wildman–Crippen MR) is 108 cm³/mol. The summed E-state index contributed by atoms with van der Waals surface area (Å²) in [6, 6.07) is 0. The number of aromatic amines is 1. The molecular formula is C19H29FN4O6. The van der Waals surface area contributed by atoms with Crippen molar-refractivity contribution in [2.24, 2.45) is 5.73 Å². The van der Waals surface area contributed by atoms with E-state index < -0.39 is 35.9 Å². The number of ether oxygens (including phenoxy) is 3. The molecule has 0 aliphatic carbocycles. The lowest BCUT2D eigenvalue weighted by molar-refractivity contribution is -0.116. The van der Waals surface area contributed by atoms with Crippen LogP contribution >= 0.6 is 0 Å². The molecule has 1 aliphatic heterocycles. The molecule has 1 saturated heterocycles. The fraction of sp³-hybridized carbons (Fsp3) is 0.632. The number of nitrogens with zero attached hydrogens (tertiary/aromatic N) is 1. The van der Waals surface area contributed by atoms with Gasteiger partial charge in [0.05, 0.1) is 12.2 Å². The first kappa shape index (κ1) is 23.9. The van der Waals surface area contributed by atoms with Gasteiger partial charge < -0.3 is 25.3 Å². The van der Waals surface area contributed by atoms with Gasteiger partial charge in [-0.25, -0.2) is 9.18 Å². The summed E-state index contributed by atoms with van der Waals surface area (Å²) in [7, 11) is 2.78. The van der Waals surface area contributed by atoms with Gasteiger partial charge in [-0.2, -0.15) is 0 Å². The van der Waals surface area contributed by atoms with Crippen molar-refractivity contribution in [3.05, 3.63) is 38.7 Å². The van der Waals surface area contributed by atoms with Gasteiger partial charge in [-0.1, -0.05) is 6.42 Å². The number of amides is 1. The average Bonchev–Trinajstić information content (AvgIpc) is 3.02. The minimum atomic E-state index is -1.66. The Morgan fingerprint density at radius 1 is 1.37 bits per heavy atom. The van der Waals surface area contributed by atoms with Gasteiger partial charge in [-0.3, -0.25) is 19.1 Å². The molecule has 1 amide bonds. The number of rotatable bonds is 11. The molecule has 2 rings (SSSR count). The maximum Gasteiger partial charge on any atom is 0.330 e. The van der Waals surface area contributed by atoms with Gasteiger partial charge in [0.15, 0.2) is 12.4 Å². The summed E-state index contributed by atoms with van der Waals surface area (Å²) >= 11 is 0. The van der Waals surface area contributed by atoms with E-state index in [1.807, 2.05) is 0 Å². The smallest absolute Gasteiger partial charge is 0.330 e. The lowest BCUT2D eigenvalue weighted by Crippen LogP contribution is -2.37. The van der Waals surface area contributed by atoms with E-state index in [-0.39, 0.29) is 18.1 Å². The first-order valence-electron chi connectivity index (χ1n) is 9.75. The number of aromatic nitrogens is 2. The van der Waals surface area contributed by atoms with Crippen molar-refractivity contribution in [3.63, 3.8) is 0 Å². The van der Waals surface area contributed by atoms with E-state index in [2.05, 4.69) is 10.3 Å². The summed E-state index contributed by atoms with van der Waals surface area (Å²) in [6.07, 6.45) is 1.56. The van der Waals surface area contributed by atoms with E-state index in [4.69, 9.17) is 19.9 Å². The van der Waals surface area contributed by atoms with E-state index in [1.165, 1.54) is 26.4 Å². The second-order valence-electron chi connectivity index (χ2n) is 6.89. The van der Waals surface area contributed by atoms with Gasteiger partial charge >= 0.3 is 5.69 Å². The lowest BCUT2D eigenvalue weighted by atomic mass is 10.1. The molecule has 0 unspecified atom stereocenters. The predicted octanol–water partition coefficient (Wildman–Crippen LogP) is -0.308. The lowest BCUT2D eigenvalue weighted by Gasteiger charge is -2.16. The molecule has 0 bridgehead atoms. The number of H-pyrrole nitrogens is 1. The van der Waals surface area contributed by atoms with Gasteiger partial charge in [0.2, 0.25) is 5.91 Å². The molecule has 10 nitrogen and oxygen atoms in total. The van der Waals surface area contributed by atoms with Crippen LogP contribution in [0.5, 0.6) is 0 Å². The number of methoxy groups -OCH3 is 2. The highest BCUT2D eigenvalue weighted by Crippen LogP contribution is 2.32. The maximum absolute atomic E-state index is 14.8. The van der Waals surface area contributed by atoms with E-state index in [0.717, 1.165) is 30.0 Å². The number of hydrogen-bond donors (Lipinski definition) is 3. The normalized spacial score (nSPS) is 23.9. The van der Waals surface area contributed by atoms with Crippen LogP contribution in [-0.4, -0.2) is 67.8 Å². The minimum absolute atomic E-state index is 0.00726. The average molecular weight is 428 g/mol. The fourth-order valence-corrected chi connectivity index (χ4v) is 3.19. The molecule has 1 fully saturated rings. The van der Waals surface area contributed by atoms with Gasteiger partial charge in [0.1, 0.15) is 12.2 Å². The van der Waals surface area contributed by atoms with Crippen molar-refractivity contribution < 1.29 is 23.4 Å². The minimum Gasteiger partial charge on any atom is -0.382 e. The molecular weight excluding hydrogens is 399 g/mol. The summed E-state index contributed by atoms with van der Waals surface area (Å²) in [5, 5.41) is 2.69. The summed E-state index contributed by atoms with van der Waals surface area (Å²) in [5.74, 6) is -0.389. The van der Waals surface area contributed by atoms with Crippen LogP contribution in [0.25, 0.3) is 6.08 Å². The van der Waals surface area contributed by atoms with E-state index >= 15 is 0 Å². The Kier molecular flexibility index (Phi) is 9.37. The van der Waals surface area contributed by atoms with Crippen LogP contribution < -0.4 is 22.3 Å². The molecule has 168 valence electrons. The Hall–Kier alpha value is -2.34. The molecule has 0 aromatic carbocycles. The Morgan fingerprint density at radius 2 is 2.13 bits per heavy atom. The maximum atomic E-state index is 14.8. The quantitative estimate of drug-likeness (QED) is 0.325. The molecule has 30 heavy (non-hydrogen) atoms. The second kappa shape index (κ2) is 11.7. The summed E-state index contributed by atoms with van der Waals surface area (Å²) < 4.78 is 31.5. The Labute approximate surface area is 173 Å². The van der Waals surface area contributed by atoms with Crippen LogP contribution in [0.2, 0.25) is 0 Å². The van der Waals surface area contributed by atoms with E-state index in [9.17, 15) is 18.8 Å². The molecule has 4 N–H and O–H groups in total. The number of unbranched alkanes of at least 4 members (excludes halogenated alkanes) is 2. The zero-order valence-electron chi connectivity index (χ0n) is 17.1.